The molecule has 0 saturated heterocycles. The van der Waals surface area contributed by atoms with E-state index in [0.717, 1.165) is 25.6 Å². The zero-order valence-corrected chi connectivity index (χ0v) is 17.8. The summed E-state index contributed by atoms with van der Waals surface area (Å²) < 4.78 is 6.47. The number of Topliss-reactive ketones (excluding diaryl/α,β-unsaturated/α-hetero) is 1. The molecule has 3 aromatic rings. The van der Waals surface area contributed by atoms with Crippen molar-refractivity contribution in [3.63, 3.8) is 0 Å². The molecule has 0 fully saturated rings. The molecule has 2 heterocycles. The number of hydrogen-bond acceptors (Lipinski definition) is 5. The Labute approximate surface area is 175 Å². The highest BCUT2D eigenvalue weighted by Gasteiger charge is 2.28. The first-order chi connectivity index (χ1) is 13.4. The van der Waals surface area contributed by atoms with Crippen molar-refractivity contribution in [2.75, 3.05) is 18.1 Å². The fourth-order valence-electron chi connectivity index (χ4n) is 3.19. The first kappa shape index (κ1) is 18.8. The van der Waals surface area contributed by atoms with Gasteiger partial charge in [0.2, 0.25) is 0 Å². The zero-order valence-electron chi connectivity index (χ0n) is 15.4. The van der Waals surface area contributed by atoms with Crippen LogP contribution in [-0.2, 0) is 4.79 Å². The summed E-state index contributed by atoms with van der Waals surface area (Å²) >= 11 is 5.00. The number of anilines is 1. The van der Waals surface area contributed by atoms with Gasteiger partial charge in [0, 0.05) is 20.5 Å². The van der Waals surface area contributed by atoms with Crippen LogP contribution < -0.4 is 9.64 Å². The Hall–Kier alpha value is -2.51. The summed E-state index contributed by atoms with van der Waals surface area (Å²) in [5.74, 6) is 0.234. The second-order valence-corrected chi connectivity index (χ2v) is 8.84. The van der Waals surface area contributed by atoms with Gasteiger partial charge in [-0.05, 0) is 44.2 Å². The lowest BCUT2D eigenvalue weighted by atomic mass is 10.1. The number of halogens is 1. The zero-order chi connectivity index (χ0) is 19.8. The van der Waals surface area contributed by atoms with E-state index in [2.05, 4.69) is 20.9 Å². The molecule has 0 bridgehead atoms. The van der Waals surface area contributed by atoms with Crippen molar-refractivity contribution in [1.82, 2.24) is 4.98 Å². The molecule has 2 aromatic carbocycles. The Morgan fingerprint density at radius 2 is 1.96 bits per heavy atom. The van der Waals surface area contributed by atoms with Crippen LogP contribution in [0.25, 0.3) is 11.3 Å². The molecule has 28 heavy (non-hydrogen) atoms. The number of aryl methyl sites for hydroxylation is 2. The number of aromatic nitrogens is 1. The Morgan fingerprint density at radius 3 is 2.64 bits per heavy atom. The van der Waals surface area contributed by atoms with Crippen molar-refractivity contribution in [2.45, 2.75) is 13.8 Å². The van der Waals surface area contributed by atoms with Gasteiger partial charge in [-0.15, -0.1) is 11.3 Å². The Kier molecular flexibility index (Phi) is 5.03. The smallest absolute Gasteiger partial charge is 0.265 e. The largest absolute Gasteiger partial charge is 0.482 e. The van der Waals surface area contributed by atoms with Crippen LogP contribution in [0.4, 0.5) is 5.69 Å². The topological polar surface area (TPSA) is 59.5 Å². The second-order valence-electron chi connectivity index (χ2n) is 6.52. The van der Waals surface area contributed by atoms with Gasteiger partial charge in [0.05, 0.1) is 22.9 Å². The third-order valence-electron chi connectivity index (χ3n) is 4.55. The predicted octanol–water partition coefficient (Wildman–Crippen LogP) is 4.80. The molecule has 0 N–H and O–H groups in total. The highest BCUT2D eigenvalue weighted by molar-refractivity contribution is 9.10. The minimum atomic E-state index is -0.235. The van der Waals surface area contributed by atoms with Crippen molar-refractivity contribution in [1.29, 1.82) is 0 Å². The van der Waals surface area contributed by atoms with Crippen LogP contribution in [0.3, 0.4) is 0 Å². The maximum atomic E-state index is 12.7. The number of fused-ring (bicyclic) bond motifs is 1. The minimum Gasteiger partial charge on any atom is -0.482 e. The van der Waals surface area contributed by atoms with E-state index < -0.39 is 0 Å². The van der Waals surface area contributed by atoms with Crippen LogP contribution in [0, 0.1) is 13.8 Å². The lowest BCUT2D eigenvalue weighted by Crippen LogP contribution is -2.42. The van der Waals surface area contributed by atoms with Crippen LogP contribution in [0.1, 0.15) is 20.2 Å². The van der Waals surface area contributed by atoms with Gasteiger partial charge in [0.15, 0.2) is 12.4 Å². The normalized spacial score (nSPS) is 13.2. The molecule has 4 rings (SSSR count). The maximum Gasteiger partial charge on any atom is 0.265 e. The highest BCUT2D eigenvalue weighted by atomic mass is 79.9. The molecule has 0 saturated carbocycles. The van der Waals surface area contributed by atoms with Gasteiger partial charge in [0.1, 0.15) is 5.75 Å². The molecule has 0 aliphatic carbocycles. The van der Waals surface area contributed by atoms with E-state index in [0.29, 0.717) is 17.0 Å². The molecule has 7 heteroatoms. The average molecular weight is 457 g/mol. The fraction of sp³-hybridized carbons (Fsp3) is 0.190. The number of ether oxygens (including phenoxy) is 1. The summed E-state index contributed by atoms with van der Waals surface area (Å²) in [4.78, 5) is 32.5. The van der Waals surface area contributed by atoms with E-state index in [4.69, 9.17) is 4.74 Å². The van der Waals surface area contributed by atoms with Crippen molar-refractivity contribution in [3.8, 4) is 17.0 Å². The minimum absolute atomic E-state index is 0.0324. The Bertz CT molecular complexity index is 1080. The number of carbonyl (C=O) groups excluding carboxylic acids is 2. The SMILES string of the molecule is Cc1nc(-c2ccc3c(c2)N(CC(=O)c2ccc(Br)cc2)C(=O)CO3)c(C)s1. The lowest BCUT2D eigenvalue weighted by molar-refractivity contribution is -0.121. The van der Waals surface area contributed by atoms with E-state index in [1.807, 2.05) is 44.2 Å². The Balaban J connectivity index is 1.69. The fourth-order valence-corrected chi connectivity index (χ4v) is 4.29. The molecular formula is C21H17BrN2O3S. The van der Waals surface area contributed by atoms with E-state index in [1.54, 1.807) is 23.5 Å². The van der Waals surface area contributed by atoms with Crippen LogP contribution in [-0.4, -0.2) is 29.8 Å². The van der Waals surface area contributed by atoms with Gasteiger partial charge in [-0.1, -0.05) is 28.1 Å². The van der Waals surface area contributed by atoms with E-state index in [-0.39, 0.29) is 24.8 Å². The summed E-state index contributed by atoms with van der Waals surface area (Å²) in [5, 5.41) is 0.986. The van der Waals surface area contributed by atoms with Gasteiger partial charge < -0.3 is 4.74 Å². The lowest BCUT2D eigenvalue weighted by Gasteiger charge is -2.29. The number of thiazole rings is 1. The predicted molar refractivity (Wildman–Crippen MR) is 113 cm³/mol. The third-order valence-corrected chi connectivity index (χ3v) is 5.96. The quantitative estimate of drug-likeness (QED) is 0.529. The average Bonchev–Trinajstić information content (AvgIpc) is 3.02. The number of ketones is 1. The summed E-state index contributed by atoms with van der Waals surface area (Å²) in [5.41, 5.74) is 2.96. The number of carbonyl (C=O) groups is 2. The maximum absolute atomic E-state index is 12.7. The number of rotatable bonds is 4. The third kappa shape index (κ3) is 3.59. The van der Waals surface area contributed by atoms with Gasteiger partial charge in [-0.25, -0.2) is 4.98 Å². The second kappa shape index (κ2) is 7.48. The van der Waals surface area contributed by atoms with E-state index in [9.17, 15) is 9.59 Å². The molecule has 0 unspecified atom stereocenters. The molecule has 142 valence electrons. The van der Waals surface area contributed by atoms with E-state index >= 15 is 0 Å². The van der Waals surface area contributed by atoms with Crippen LogP contribution in [0.5, 0.6) is 5.75 Å². The van der Waals surface area contributed by atoms with Crippen LogP contribution in [0.15, 0.2) is 46.9 Å². The number of benzene rings is 2. The van der Waals surface area contributed by atoms with Crippen LogP contribution >= 0.6 is 27.3 Å². The molecular weight excluding hydrogens is 440 g/mol. The van der Waals surface area contributed by atoms with Gasteiger partial charge in [-0.2, -0.15) is 0 Å². The first-order valence-corrected chi connectivity index (χ1v) is 10.3. The van der Waals surface area contributed by atoms with Crippen molar-refractivity contribution in [2.24, 2.45) is 0 Å². The number of amides is 1. The molecule has 0 atom stereocenters. The summed E-state index contributed by atoms with van der Waals surface area (Å²) in [7, 11) is 0. The molecule has 5 nitrogen and oxygen atoms in total. The summed E-state index contributed by atoms with van der Waals surface area (Å²) in [6.45, 7) is 3.88. The number of hydrogen-bond donors (Lipinski definition) is 0. The molecule has 1 aliphatic heterocycles. The van der Waals surface area contributed by atoms with Crippen molar-refractivity contribution >= 4 is 44.6 Å². The van der Waals surface area contributed by atoms with Crippen LogP contribution in [0.2, 0.25) is 0 Å². The monoisotopic (exact) mass is 456 g/mol. The van der Waals surface area contributed by atoms with Crippen molar-refractivity contribution < 1.29 is 14.3 Å². The van der Waals surface area contributed by atoms with Gasteiger partial charge in [0.25, 0.3) is 5.91 Å². The summed E-state index contributed by atoms with van der Waals surface area (Å²) in [6.07, 6.45) is 0. The highest BCUT2D eigenvalue weighted by Crippen LogP contribution is 2.37. The first-order valence-electron chi connectivity index (χ1n) is 8.73. The van der Waals surface area contributed by atoms with Gasteiger partial charge >= 0.3 is 0 Å². The molecule has 0 spiro atoms. The standard InChI is InChI=1S/C21H17BrN2O3S/c1-12-21(23-13(2)28-12)15-5-8-19-17(9-15)24(20(26)11-27-19)10-18(25)14-3-6-16(22)7-4-14/h3-9H,10-11H2,1-2H3. The molecule has 0 radical (unpaired) electrons. The summed E-state index contributed by atoms with van der Waals surface area (Å²) in [6, 6.07) is 12.8. The van der Waals surface area contributed by atoms with E-state index in [1.165, 1.54) is 4.90 Å². The van der Waals surface area contributed by atoms with Crippen molar-refractivity contribution in [3.05, 3.63) is 62.4 Å². The number of nitrogens with zero attached hydrogens (tertiary/aromatic N) is 2. The molecule has 1 aliphatic rings. The Morgan fingerprint density at radius 1 is 1.21 bits per heavy atom. The molecule has 1 aromatic heterocycles. The molecule has 1 amide bonds. The van der Waals surface area contributed by atoms with Gasteiger partial charge in [-0.3, -0.25) is 14.5 Å².